The Morgan fingerprint density at radius 3 is 2.88 bits per heavy atom. The molecule has 3 nitrogen and oxygen atoms in total. The van der Waals surface area contributed by atoms with Crippen molar-refractivity contribution < 1.29 is 4.79 Å². The fourth-order valence-corrected chi connectivity index (χ4v) is 2.03. The highest BCUT2D eigenvalue weighted by Gasteiger charge is 2.02. The number of nitrogens with one attached hydrogen (secondary N) is 1. The van der Waals surface area contributed by atoms with Gasteiger partial charge in [0.2, 0.25) is 5.91 Å². The van der Waals surface area contributed by atoms with Crippen molar-refractivity contribution in [2.45, 2.75) is 24.7 Å². The van der Waals surface area contributed by atoms with Gasteiger partial charge in [0.15, 0.2) is 0 Å². The molecule has 0 heterocycles. The van der Waals surface area contributed by atoms with Crippen LogP contribution in [-0.2, 0) is 4.79 Å². The van der Waals surface area contributed by atoms with E-state index in [1.54, 1.807) is 11.8 Å². The highest BCUT2D eigenvalue weighted by Crippen LogP contribution is 2.21. The second-order valence-corrected chi connectivity index (χ2v) is 4.74. The van der Waals surface area contributed by atoms with Crippen molar-refractivity contribution in [1.82, 2.24) is 0 Å². The van der Waals surface area contributed by atoms with Gasteiger partial charge in [0, 0.05) is 17.0 Å². The predicted octanol–water partition coefficient (Wildman–Crippen LogP) is 2.90. The second kappa shape index (κ2) is 9.33. The summed E-state index contributed by atoms with van der Waals surface area (Å²) < 4.78 is 0. The van der Waals surface area contributed by atoms with Crippen molar-refractivity contribution >= 4 is 35.8 Å². The van der Waals surface area contributed by atoms with E-state index >= 15 is 0 Å². The third-order valence-corrected chi connectivity index (χ3v) is 2.91. The van der Waals surface area contributed by atoms with Crippen molar-refractivity contribution in [3.05, 3.63) is 24.3 Å². The molecular formula is C12H19ClN2OS. The molecule has 1 rings (SSSR count). The molecule has 0 aliphatic rings. The first kappa shape index (κ1) is 16.3. The van der Waals surface area contributed by atoms with Crippen molar-refractivity contribution in [3.8, 4) is 0 Å². The van der Waals surface area contributed by atoms with E-state index in [9.17, 15) is 4.79 Å². The van der Waals surface area contributed by atoms with Crippen molar-refractivity contribution in [2.24, 2.45) is 5.73 Å². The van der Waals surface area contributed by atoms with Crippen LogP contribution in [-0.4, -0.2) is 18.2 Å². The Morgan fingerprint density at radius 2 is 2.24 bits per heavy atom. The molecule has 0 saturated carbocycles. The number of halogens is 1. The number of carbonyl (C=O) groups is 1. The molecule has 0 spiro atoms. The van der Waals surface area contributed by atoms with Gasteiger partial charge in [0.1, 0.15) is 0 Å². The zero-order valence-electron chi connectivity index (χ0n) is 9.94. The van der Waals surface area contributed by atoms with Gasteiger partial charge < -0.3 is 11.1 Å². The number of rotatable bonds is 6. The smallest absolute Gasteiger partial charge is 0.224 e. The molecule has 0 aromatic heterocycles. The summed E-state index contributed by atoms with van der Waals surface area (Å²) in [7, 11) is 0. The maximum atomic E-state index is 11.5. The Morgan fingerprint density at radius 1 is 1.47 bits per heavy atom. The third kappa shape index (κ3) is 6.56. The average Bonchev–Trinajstić information content (AvgIpc) is 2.27. The third-order valence-electron chi connectivity index (χ3n) is 2.04. The molecule has 0 saturated heterocycles. The van der Waals surface area contributed by atoms with Crippen LogP contribution in [0.5, 0.6) is 0 Å². The van der Waals surface area contributed by atoms with Crippen molar-refractivity contribution in [3.63, 3.8) is 0 Å². The van der Waals surface area contributed by atoms with Crippen LogP contribution < -0.4 is 11.1 Å². The number of nitrogens with two attached hydrogens (primary N) is 1. The first-order chi connectivity index (χ1) is 7.76. The molecule has 0 aliphatic carbocycles. The average molecular weight is 275 g/mol. The van der Waals surface area contributed by atoms with E-state index in [-0.39, 0.29) is 18.3 Å². The van der Waals surface area contributed by atoms with E-state index in [1.807, 2.05) is 24.3 Å². The lowest BCUT2D eigenvalue weighted by atomic mass is 10.2. The van der Waals surface area contributed by atoms with Gasteiger partial charge in [-0.05, 0) is 36.9 Å². The van der Waals surface area contributed by atoms with Gasteiger partial charge in [0.05, 0.1) is 0 Å². The number of thioether (sulfide) groups is 1. The van der Waals surface area contributed by atoms with E-state index in [0.29, 0.717) is 13.0 Å². The monoisotopic (exact) mass is 274 g/mol. The van der Waals surface area contributed by atoms with Crippen LogP contribution in [0.2, 0.25) is 0 Å². The van der Waals surface area contributed by atoms with Gasteiger partial charge in [-0.25, -0.2) is 0 Å². The molecule has 0 atom stereocenters. The molecule has 96 valence electrons. The first-order valence-corrected chi connectivity index (χ1v) is 6.47. The Bertz CT molecular complexity index is 347. The van der Waals surface area contributed by atoms with Crippen LogP contribution in [0, 0.1) is 0 Å². The fourth-order valence-electron chi connectivity index (χ4n) is 1.32. The SMILES string of the molecule is CCSc1cccc(NC(=O)CCCN)c1.Cl. The summed E-state index contributed by atoms with van der Waals surface area (Å²) >= 11 is 1.76. The van der Waals surface area contributed by atoms with Gasteiger partial charge in [0.25, 0.3) is 0 Å². The number of anilines is 1. The normalized spacial score (nSPS) is 9.53. The molecule has 0 aliphatic heterocycles. The van der Waals surface area contributed by atoms with Crippen LogP contribution in [0.15, 0.2) is 29.2 Å². The molecule has 1 aromatic rings. The highest BCUT2D eigenvalue weighted by atomic mass is 35.5. The summed E-state index contributed by atoms with van der Waals surface area (Å²) in [6.45, 7) is 2.66. The lowest BCUT2D eigenvalue weighted by Gasteiger charge is -2.06. The van der Waals surface area contributed by atoms with Crippen LogP contribution >= 0.6 is 24.2 Å². The minimum absolute atomic E-state index is 0. The summed E-state index contributed by atoms with van der Waals surface area (Å²) in [6.07, 6.45) is 1.22. The fraction of sp³-hybridized carbons (Fsp3) is 0.417. The first-order valence-electron chi connectivity index (χ1n) is 5.49. The second-order valence-electron chi connectivity index (χ2n) is 3.40. The van der Waals surface area contributed by atoms with Crippen molar-refractivity contribution in [1.29, 1.82) is 0 Å². The Balaban J connectivity index is 0.00000256. The van der Waals surface area contributed by atoms with Gasteiger partial charge in [-0.15, -0.1) is 24.2 Å². The topological polar surface area (TPSA) is 55.1 Å². The van der Waals surface area contributed by atoms with Gasteiger partial charge in [-0.2, -0.15) is 0 Å². The Kier molecular flexibility index (Phi) is 8.94. The molecule has 1 amide bonds. The number of carbonyl (C=O) groups excluding carboxylic acids is 1. The summed E-state index contributed by atoms with van der Waals surface area (Å²) in [5.74, 6) is 1.06. The maximum Gasteiger partial charge on any atom is 0.224 e. The van der Waals surface area contributed by atoms with Crippen LogP contribution in [0.4, 0.5) is 5.69 Å². The number of amides is 1. The summed E-state index contributed by atoms with van der Waals surface area (Å²) in [5, 5.41) is 2.87. The summed E-state index contributed by atoms with van der Waals surface area (Å²) in [4.78, 5) is 12.6. The zero-order chi connectivity index (χ0) is 11.8. The molecule has 3 N–H and O–H groups in total. The molecule has 1 aromatic carbocycles. The molecule has 0 fully saturated rings. The molecule has 5 heteroatoms. The van der Waals surface area contributed by atoms with E-state index in [4.69, 9.17) is 5.73 Å². The Hall–Kier alpha value is -0.710. The van der Waals surface area contributed by atoms with Gasteiger partial charge in [-0.1, -0.05) is 13.0 Å². The predicted molar refractivity (Wildman–Crippen MR) is 77.0 cm³/mol. The maximum absolute atomic E-state index is 11.5. The molecular weight excluding hydrogens is 256 g/mol. The number of benzene rings is 1. The van der Waals surface area contributed by atoms with Gasteiger partial charge in [-0.3, -0.25) is 4.79 Å². The van der Waals surface area contributed by atoms with E-state index in [1.165, 1.54) is 4.90 Å². The standard InChI is InChI=1S/C12H18N2OS.ClH/c1-2-16-11-6-3-5-10(9-11)14-12(15)7-4-8-13;/h3,5-6,9H,2,4,7-8,13H2,1H3,(H,14,15);1H. The minimum atomic E-state index is 0. The van der Waals surface area contributed by atoms with E-state index < -0.39 is 0 Å². The lowest BCUT2D eigenvalue weighted by molar-refractivity contribution is -0.116. The van der Waals surface area contributed by atoms with Crippen LogP contribution in [0.1, 0.15) is 19.8 Å². The minimum Gasteiger partial charge on any atom is -0.330 e. The quantitative estimate of drug-likeness (QED) is 0.785. The zero-order valence-corrected chi connectivity index (χ0v) is 11.6. The van der Waals surface area contributed by atoms with Crippen molar-refractivity contribution in [2.75, 3.05) is 17.6 Å². The largest absolute Gasteiger partial charge is 0.330 e. The number of hydrogen-bond acceptors (Lipinski definition) is 3. The molecule has 0 radical (unpaired) electrons. The molecule has 0 unspecified atom stereocenters. The highest BCUT2D eigenvalue weighted by molar-refractivity contribution is 7.99. The number of hydrogen-bond donors (Lipinski definition) is 2. The van der Waals surface area contributed by atoms with E-state index in [0.717, 1.165) is 17.9 Å². The van der Waals surface area contributed by atoms with Crippen LogP contribution in [0.25, 0.3) is 0 Å². The lowest BCUT2D eigenvalue weighted by Crippen LogP contribution is -2.13. The van der Waals surface area contributed by atoms with E-state index in [2.05, 4.69) is 12.2 Å². The molecule has 17 heavy (non-hydrogen) atoms. The Labute approximate surface area is 113 Å². The van der Waals surface area contributed by atoms with Gasteiger partial charge >= 0.3 is 0 Å². The summed E-state index contributed by atoms with van der Waals surface area (Å²) in [5.41, 5.74) is 6.21. The van der Waals surface area contributed by atoms with Crippen LogP contribution in [0.3, 0.4) is 0 Å². The summed E-state index contributed by atoms with van der Waals surface area (Å²) in [6, 6.07) is 7.90. The molecule has 0 bridgehead atoms.